The summed E-state index contributed by atoms with van der Waals surface area (Å²) in [5, 5.41) is 0. The van der Waals surface area contributed by atoms with Gasteiger partial charge in [-0.2, -0.15) is 0 Å². The predicted molar refractivity (Wildman–Crippen MR) is 69.6 cm³/mol. The van der Waals surface area contributed by atoms with Crippen molar-refractivity contribution in [3.8, 4) is 0 Å². The number of nitrogens with two attached hydrogens (primary N) is 1. The van der Waals surface area contributed by atoms with Crippen molar-refractivity contribution in [2.45, 2.75) is 23.8 Å². The first-order chi connectivity index (χ1) is 8.22. The predicted octanol–water partition coefficient (Wildman–Crippen LogP) is 0.975. The summed E-state index contributed by atoms with van der Waals surface area (Å²) in [6.07, 6.45) is 2.27. The highest BCUT2D eigenvalue weighted by molar-refractivity contribution is 7.99. The Labute approximate surface area is 105 Å². The van der Waals surface area contributed by atoms with E-state index in [4.69, 9.17) is 5.73 Å². The third-order valence-corrected chi connectivity index (χ3v) is 4.02. The zero-order valence-electron chi connectivity index (χ0n) is 9.82. The molecule has 1 unspecified atom stereocenters. The standard InChI is InChI=1S/C12H17N3OS/c1-14-15-12(16)11(13)9-4-5-10-8(7-9)3-2-6-17-10/h4-5,7,11,14H,2-3,6,13H2,1H3,(H,15,16). The van der Waals surface area contributed by atoms with Gasteiger partial charge < -0.3 is 5.73 Å². The molecule has 0 fully saturated rings. The lowest BCUT2D eigenvalue weighted by Crippen LogP contribution is -2.40. The molecule has 0 radical (unpaired) electrons. The summed E-state index contributed by atoms with van der Waals surface area (Å²) >= 11 is 1.87. The summed E-state index contributed by atoms with van der Waals surface area (Å²) < 4.78 is 0. The number of aryl methyl sites for hydroxylation is 1. The van der Waals surface area contributed by atoms with Crippen molar-refractivity contribution in [3.63, 3.8) is 0 Å². The van der Waals surface area contributed by atoms with E-state index in [-0.39, 0.29) is 5.91 Å². The van der Waals surface area contributed by atoms with Gasteiger partial charge in [0.05, 0.1) is 0 Å². The molecule has 0 aliphatic carbocycles. The van der Waals surface area contributed by atoms with Crippen LogP contribution < -0.4 is 16.6 Å². The van der Waals surface area contributed by atoms with Crippen molar-refractivity contribution in [2.75, 3.05) is 12.8 Å². The molecule has 0 spiro atoms. The zero-order valence-corrected chi connectivity index (χ0v) is 10.6. The van der Waals surface area contributed by atoms with E-state index in [1.54, 1.807) is 7.05 Å². The number of fused-ring (bicyclic) bond motifs is 1. The average molecular weight is 251 g/mol. The molecule has 0 saturated heterocycles. The Kier molecular flexibility index (Phi) is 4.04. The summed E-state index contributed by atoms with van der Waals surface area (Å²) in [4.78, 5) is 12.9. The van der Waals surface area contributed by atoms with Gasteiger partial charge in [-0.05, 0) is 35.8 Å². The van der Waals surface area contributed by atoms with Crippen LogP contribution in [-0.2, 0) is 11.2 Å². The summed E-state index contributed by atoms with van der Waals surface area (Å²) in [5.74, 6) is 0.967. The zero-order chi connectivity index (χ0) is 12.3. The van der Waals surface area contributed by atoms with Gasteiger partial charge in [0, 0.05) is 11.9 Å². The number of carbonyl (C=O) groups excluding carboxylic acids is 1. The van der Waals surface area contributed by atoms with E-state index in [2.05, 4.69) is 23.0 Å². The maximum atomic E-state index is 11.6. The lowest BCUT2D eigenvalue weighted by molar-refractivity contribution is -0.123. The second-order valence-corrected chi connectivity index (χ2v) is 5.17. The van der Waals surface area contributed by atoms with Crippen molar-refractivity contribution in [1.82, 2.24) is 10.9 Å². The summed E-state index contributed by atoms with van der Waals surface area (Å²) in [7, 11) is 1.65. The summed E-state index contributed by atoms with van der Waals surface area (Å²) in [5.41, 5.74) is 13.2. The SMILES string of the molecule is CNNC(=O)C(N)c1ccc2c(c1)CCCS2. The third-order valence-electron chi connectivity index (χ3n) is 2.82. The third kappa shape index (κ3) is 2.80. The molecule has 92 valence electrons. The molecule has 5 heteroatoms. The highest BCUT2D eigenvalue weighted by Crippen LogP contribution is 2.31. The van der Waals surface area contributed by atoms with Crippen molar-refractivity contribution < 1.29 is 4.79 Å². The molecule has 2 rings (SSSR count). The molecule has 4 nitrogen and oxygen atoms in total. The van der Waals surface area contributed by atoms with Gasteiger partial charge >= 0.3 is 0 Å². The van der Waals surface area contributed by atoms with E-state index in [0.717, 1.165) is 12.0 Å². The van der Waals surface area contributed by atoms with Crippen molar-refractivity contribution in [2.24, 2.45) is 5.73 Å². The van der Waals surface area contributed by atoms with E-state index in [0.29, 0.717) is 0 Å². The number of amides is 1. The van der Waals surface area contributed by atoms with Crippen LogP contribution in [0.1, 0.15) is 23.6 Å². The molecular formula is C12H17N3OS. The minimum Gasteiger partial charge on any atom is -0.316 e. The largest absolute Gasteiger partial charge is 0.316 e. The van der Waals surface area contributed by atoms with Gasteiger partial charge in [-0.25, -0.2) is 5.43 Å². The first-order valence-corrected chi connectivity index (χ1v) is 6.68. The molecule has 0 saturated carbocycles. The van der Waals surface area contributed by atoms with Gasteiger partial charge in [-0.1, -0.05) is 12.1 Å². The number of rotatable bonds is 3. The van der Waals surface area contributed by atoms with Crippen molar-refractivity contribution >= 4 is 17.7 Å². The van der Waals surface area contributed by atoms with Crippen molar-refractivity contribution in [3.05, 3.63) is 29.3 Å². The topological polar surface area (TPSA) is 67.1 Å². The second kappa shape index (κ2) is 5.53. The Morgan fingerprint density at radius 1 is 1.53 bits per heavy atom. The molecule has 1 aromatic carbocycles. The van der Waals surface area contributed by atoms with Gasteiger partial charge in [0.15, 0.2) is 0 Å². The van der Waals surface area contributed by atoms with Crippen molar-refractivity contribution in [1.29, 1.82) is 0 Å². The first-order valence-electron chi connectivity index (χ1n) is 5.70. The molecule has 0 aromatic heterocycles. The maximum Gasteiger partial charge on any atom is 0.255 e. The second-order valence-electron chi connectivity index (χ2n) is 4.04. The molecule has 0 bridgehead atoms. The minimum absolute atomic E-state index is 0.212. The van der Waals surface area contributed by atoms with Crippen LogP contribution in [0.15, 0.2) is 23.1 Å². The highest BCUT2D eigenvalue weighted by atomic mass is 32.2. The van der Waals surface area contributed by atoms with Gasteiger partial charge in [0.2, 0.25) is 0 Å². The molecular weight excluding hydrogens is 234 g/mol. The van der Waals surface area contributed by atoms with Gasteiger partial charge in [0.25, 0.3) is 5.91 Å². The molecule has 1 aromatic rings. The Bertz CT molecular complexity index is 422. The van der Waals surface area contributed by atoms with Gasteiger partial charge in [0.1, 0.15) is 6.04 Å². The van der Waals surface area contributed by atoms with E-state index in [1.807, 2.05) is 17.8 Å². The van der Waals surface area contributed by atoms with Crippen LogP contribution in [0, 0.1) is 0 Å². The fourth-order valence-electron chi connectivity index (χ4n) is 1.93. The van der Waals surface area contributed by atoms with Crippen LogP contribution in [-0.4, -0.2) is 18.7 Å². The minimum atomic E-state index is -0.611. The number of thioether (sulfide) groups is 1. The molecule has 17 heavy (non-hydrogen) atoms. The number of hydrazine groups is 1. The molecule has 1 atom stereocenters. The van der Waals surface area contributed by atoms with Gasteiger partial charge in [-0.3, -0.25) is 10.2 Å². The Morgan fingerprint density at radius 2 is 2.35 bits per heavy atom. The maximum absolute atomic E-state index is 11.6. The molecule has 1 aliphatic rings. The molecule has 1 aliphatic heterocycles. The number of carbonyl (C=O) groups is 1. The lowest BCUT2D eigenvalue weighted by Gasteiger charge is -2.18. The Hall–Kier alpha value is -1.04. The van der Waals surface area contributed by atoms with Crippen LogP contribution >= 0.6 is 11.8 Å². The molecule has 4 N–H and O–H groups in total. The van der Waals surface area contributed by atoms with Crippen LogP contribution in [0.3, 0.4) is 0 Å². The fourth-order valence-corrected chi connectivity index (χ4v) is 2.95. The Balaban J connectivity index is 2.18. The van der Waals surface area contributed by atoms with E-state index >= 15 is 0 Å². The van der Waals surface area contributed by atoms with E-state index in [9.17, 15) is 4.79 Å². The van der Waals surface area contributed by atoms with Gasteiger partial charge in [-0.15, -0.1) is 11.8 Å². The summed E-state index contributed by atoms with van der Waals surface area (Å²) in [6, 6.07) is 5.46. The van der Waals surface area contributed by atoms with Crippen LogP contribution in [0.25, 0.3) is 0 Å². The quantitative estimate of drug-likeness (QED) is 0.700. The fraction of sp³-hybridized carbons (Fsp3) is 0.417. The van der Waals surface area contributed by atoms with Crippen LogP contribution in [0.5, 0.6) is 0 Å². The highest BCUT2D eigenvalue weighted by Gasteiger charge is 2.17. The first kappa shape index (κ1) is 12.4. The lowest BCUT2D eigenvalue weighted by atomic mass is 10.0. The molecule has 1 heterocycles. The number of hydrogen-bond donors (Lipinski definition) is 3. The smallest absolute Gasteiger partial charge is 0.255 e. The monoisotopic (exact) mass is 251 g/mol. The summed E-state index contributed by atoms with van der Waals surface area (Å²) in [6.45, 7) is 0. The number of benzene rings is 1. The van der Waals surface area contributed by atoms with Crippen LogP contribution in [0.2, 0.25) is 0 Å². The van der Waals surface area contributed by atoms with Crippen LogP contribution in [0.4, 0.5) is 0 Å². The number of nitrogens with one attached hydrogen (secondary N) is 2. The molecule has 1 amide bonds. The average Bonchev–Trinajstić information content (AvgIpc) is 2.37. The van der Waals surface area contributed by atoms with E-state index < -0.39 is 6.04 Å². The normalized spacial score (nSPS) is 16.1. The van der Waals surface area contributed by atoms with E-state index in [1.165, 1.54) is 22.6 Å². The Morgan fingerprint density at radius 3 is 3.12 bits per heavy atom. The number of hydrogen-bond acceptors (Lipinski definition) is 4.